The van der Waals surface area contributed by atoms with Gasteiger partial charge in [0.1, 0.15) is 0 Å². The summed E-state index contributed by atoms with van der Waals surface area (Å²) in [5.41, 5.74) is 4.58. The molecule has 0 fully saturated rings. The van der Waals surface area contributed by atoms with Crippen molar-refractivity contribution in [2.45, 2.75) is 20.3 Å². The monoisotopic (exact) mass is 318 g/mol. The highest BCUT2D eigenvalue weighted by molar-refractivity contribution is 6.00. The first-order valence-corrected chi connectivity index (χ1v) is 7.82. The lowest BCUT2D eigenvalue weighted by molar-refractivity contribution is 0.404. The summed E-state index contributed by atoms with van der Waals surface area (Å²) in [6.07, 6.45) is 6.36. The molecule has 0 atom stereocenters. The number of hydrogen-bond acceptors (Lipinski definition) is 3. The summed E-state index contributed by atoms with van der Waals surface area (Å²) in [5.74, 6) is -0.288. The van der Waals surface area contributed by atoms with E-state index in [2.05, 4.69) is 11.1 Å². The van der Waals surface area contributed by atoms with Crippen LogP contribution in [0.1, 0.15) is 30.5 Å². The molecule has 0 radical (unpaired) electrons. The second-order valence-corrected chi connectivity index (χ2v) is 5.62. The highest BCUT2D eigenvalue weighted by Gasteiger charge is 2.19. The number of aromatic hydroxyl groups is 2. The summed E-state index contributed by atoms with van der Waals surface area (Å²) in [6.45, 7) is 3.92. The standard InChI is InChI=1S/C20H18N2O2/c1-3-5-14-13(4-2)9-18(23)20(24)19(14)16-11-22-17-7-6-12(10-21)8-15(16)17/h3,5-9,11,22-24H,4H2,1-2H3/b5-3-. The smallest absolute Gasteiger partial charge is 0.166 e. The van der Waals surface area contributed by atoms with Crippen LogP contribution in [-0.2, 0) is 6.42 Å². The zero-order valence-electron chi connectivity index (χ0n) is 13.6. The summed E-state index contributed by atoms with van der Waals surface area (Å²) < 4.78 is 0. The number of phenols is 2. The van der Waals surface area contributed by atoms with Crippen molar-refractivity contribution in [1.82, 2.24) is 4.98 Å². The van der Waals surface area contributed by atoms with E-state index in [0.717, 1.165) is 34.0 Å². The first-order chi connectivity index (χ1) is 11.6. The fraction of sp³-hybridized carbons (Fsp3) is 0.150. The number of rotatable bonds is 3. The average Bonchev–Trinajstić information content (AvgIpc) is 3.01. The van der Waals surface area contributed by atoms with E-state index in [1.807, 2.05) is 32.1 Å². The number of benzene rings is 2. The SMILES string of the molecule is C/C=C\c1c(CC)cc(O)c(O)c1-c1c[nH]c2ccc(C#N)cc12. The van der Waals surface area contributed by atoms with Gasteiger partial charge in [-0.25, -0.2) is 0 Å². The Morgan fingerprint density at radius 3 is 2.71 bits per heavy atom. The van der Waals surface area contributed by atoms with Crippen LogP contribution in [-0.4, -0.2) is 15.2 Å². The molecule has 0 bridgehead atoms. The molecule has 1 heterocycles. The molecule has 0 aliphatic rings. The van der Waals surface area contributed by atoms with Crippen molar-refractivity contribution in [2.24, 2.45) is 0 Å². The van der Waals surface area contributed by atoms with Gasteiger partial charge < -0.3 is 15.2 Å². The molecule has 0 saturated carbocycles. The van der Waals surface area contributed by atoms with Crippen LogP contribution in [0.15, 0.2) is 36.5 Å². The maximum Gasteiger partial charge on any atom is 0.166 e. The molecular formula is C20H18N2O2. The fourth-order valence-corrected chi connectivity index (χ4v) is 3.05. The molecule has 3 aromatic rings. The number of aromatic nitrogens is 1. The van der Waals surface area contributed by atoms with Gasteiger partial charge >= 0.3 is 0 Å². The molecule has 24 heavy (non-hydrogen) atoms. The number of phenolic OH excluding ortho intramolecular Hbond substituents is 2. The van der Waals surface area contributed by atoms with E-state index in [0.29, 0.717) is 11.1 Å². The van der Waals surface area contributed by atoms with Crippen molar-refractivity contribution in [3.63, 3.8) is 0 Å². The van der Waals surface area contributed by atoms with E-state index in [9.17, 15) is 10.2 Å². The van der Waals surface area contributed by atoms with Gasteiger partial charge in [-0.1, -0.05) is 19.1 Å². The summed E-state index contributed by atoms with van der Waals surface area (Å²) in [4.78, 5) is 3.17. The Morgan fingerprint density at radius 1 is 1.25 bits per heavy atom. The van der Waals surface area contributed by atoms with Crippen LogP contribution in [0, 0.1) is 11.3 Å². The molecule has 3 N–H and O–H groups in total. The number of fused-ring (bicyclic) bond motifs is 1. The van der Waals surface area contributed by atoms with Crippen molar-refractivity contribution >= 4 is 17.0 Å². The largest absolute Gasteiger partial charge is 0.504 e. The predicted molar refractivity (Wildman–Crippen MR) is 95.9 cm³/mol. The maximum atomic E-state index is 10.5. The lowest BCUT2D eigenvalue weighted by atomic mass is 9.92. The van der Waals surface area contributed by atoms with Crippen LogP contribution in [0.25, 0.3) is 28.1 Å². The Hall–Kier alpha value is -3.19. The average molecular weight is 318 g/mol. The quantitative estimate of drug-likeness (QED) is 0.612. The Labute approximate surface area is 140 Å². The van der Waals surface area contributed by atoms with Crippen molar-refractivity contribution in [1.29, 1.82) is 5.26 Å². The number of aryl methyl sites for hydroxylation is 1. The van der Waals surface area contributed by atoms with Gasteiger partial charge in [0, 0.05) is 28.2 Å². The van der Waals surface area contributed by atoms with Crippen LogP contribution in [0.4, 0.5) is 0 Å². The Bertz CT molecular complexity index is 991. The molecule has 0 amide bonds. The molecule has 0 saturated heterocycles. The molecule has 0 spiro atoms. The highest BCUT2D eigenvalue weighted by Crippen LogP contribution is 2.44. The third-order valence-corrected chi connectivity index (χ3v) is 4.20. The van der Waals surface area contributed by atoms with Crippen molar-refractivity contribution < 1.29 is 10.2 Å². The molecule has 0 unspecified atom stereocenters. The number of hydrogen-bond donors (Lipinski definition) is 3. The number of nitrogens with one attached hydrogen (secondary N) is 1. The minimum atomic E-state index is -0.149. The van der Waals surface area contributed by atoms with E-state index >= 15 is 0 Å². The molecule has 120 valence electrons. The number of nitriles is 1. The second kappa shape index (κ2) is 6.13. The van der Waals surface area contributed by atoms with Crippen LogP contribution in [0.2, 0.25) is 0 Å². The van der Waals surface area contributed by atoms with E-state index < -0.39 is 0 Å². The van der Waals surface area contributed by atoms with Gasteiger partial charge in [-0.15, -0.1) is 0 Å². The van der Waals surface area contributed by atoms with Crippen LogP contribution >= 0.6 is 0 Å². The predicted octanol–water partition coefficient (Wildman–Crippen LogP) is 4.71. The third-order valence-electron chi connectivity index (χ3n) is 4.20. The summed E-state index contributed by atoms with van der Waals surface area (Å²) in [7, 11) is 0. The van der Waals surface area contributed by atoms with Crippen molar-refractivity contribution in [2.75, 3.05) is 0 Å². The molecule has 0 aliphatic carbocycles. The van der Waals surface area contributed by atoms with Crippen molar-refractivity contribution in [3.05, 3.63) is 53.2 Å². The van der Waals surface area contributed by atoms with Gasteiger partial charge in [-0.2, -0.15) is 5.26 Å². The number of nitrogens with zero attached hydrogens (tertiary/aromatic N) is 1. The Morgan fingerprint density at radius 2 is 2.04 bits per heavy atom. The summed E-state index contributed by atoms with van der Waals surface area (Å²) in [5, 5.41) is 30.7. The first kappa shape index (κ1) is 15.7. The first-order valence-electron chi connectivity index (χ1n) is 7.82. The normalized spacial score (nSPS) is 11.2. The highest BCUT2D eigenvalue weighted by atomic mass is 16.3. The van der Waals surface area contributed by atoms with E-state index in [4.69, 9.17) is 5.26 Å². The number of aromatic amines is 1. The lowest BCUT2D eigenvalue weighted by Gasteiger charge is -2.14. The van der Waals surface area contributed by atoms with Gasteiger partial charge in [-0.3, -0.25) is 0 Å². The second-order valence-electron chi connectivity index (χ2n) is 5.62. The van der Waals surface area contributed by atoms with E-state index in [-0.39, 0.29) is 11.5 Å². The summed E-state index contributed by atoms with van der Waals surface area (Å²) >= 11 is 0. The fourth-order valence-electron chi connectivity index (χ4n) is 3.05. The molecule has 2 aromatic carbocycles. The van der Waals surface area contributed by atoms with Gasteiger partial charge in [0.2, 0.25) is 0 Å². The topological polar surface area (TPSA) is 80.0 Å². The maximum absolute atomic E-state index is 10.5. The van der Waals surface area contributed by atoms with E-state index in [1.165, 1.54) is 0 Å². The number of allylic oxidation sites excluding steroid dienone is 1. The molecule has 4 heteroatoms. The Kier molecular flexibility index (Phi) is 4.01. The van der Waals surface area contributed by atoms with Gasteiger partial charge in [-0.05, 0) is 48.7 Å². The molecular weight excluding hydrogens is 300 g/mol. The Balaban J connectivity index is 2.41. The summed E-state index contributed by atoms with van der Waals surface area (Å²) in [6, 6.07) is 9.11. The minimum absolute atomic E-state index is 0.138. The third kappa shape index (κ3) is 2.40. The zero-order chi connectivity index (χ0) is 17.3. The molecule has 1 aromatic heterocycles. The van der Waals surface area contributed by atoms with Gasteiger partial charge in [0.25, 0.3) is 0 Å². The molecule has 0 aliphatic heterocycles. The lowest BCUT2D eigenvalue weighted by Crippen LogP contribution is -1.92. The molecule has 3 rings (SSSR count). The van der Waals surface area contributed by atoms with Gasteiger partial charge in [0.05, 0.1) is 11.6 Å². The molecule has 4 nitrogen and oxygen atoms in total. The van der Waals surface area contributed by atoms with E-state index in [1.54, 1.807) is 24.4 Å². The minimum Gasteiger partial charge on any atom is -0.504 e. The van der Waals surface area contributed by atoms with Crippen LogP contribution in [0.5, 0.6) is 11.5 Å². The number of H-pyrrole nitrogens is 1. The van der Waals surface area contributed by atoms with Crippen LogP contribution in [0.3, 0.4) is 0 Å². The van der Waals surface area contributed by atoms with Crippen molar-refractivity contribution in [3.8, 4) is 28.7 Å². The van der Waals surface area contributed by atoms with Gasteiger partial charge in [0.15, 0.2) is 11.5 Å². The van der Waals surface area contributed by atoms with Crippen LogP contribution < -0.4 is 0 Å². The zero-order valence-corrected chi connectivity index (χ0v) is 13.6.